The Morgan fingerprint density at radius 1 is 1.18 bits per heavy atom. The van der Waals surface area contributed by atoms with Gasteiger partial charge in [-0.05, 0) is 55.2 Å². The van der Waals surface area contributed by atoms with Gasteiger partial charge in [0.15, 0.2) is 5.76 Å². The Balaban J connectivity index is 1.72. The maximum absolute atomic E-state index is 13.6. The highest BCUT2D eigenvalue weighted by Gasteiger charge is 2.34. The molecule has 1 aromatic heterocycles. The molecule has 10 heteroatoms. The summed E-state index contributed by atoms with van der Waals surface area (Å²) < 4.78 is 45.8. The SMILES string of the molecule is CC[C@@H]1CN(Cc2cc(C(COC=O)c3cc(C)c(C(=O)NC)o3)ccc2C)S(=O)(=O)c2ccccc2O1. The van der Waals surface area contributed by atoms with Crippen LogP contribution >= 0.6 is 0 Å². The van der Waals surface area contributed by atoms with Crippen LogP contribution in [0, 0.1) is 13.8 Å². The Labute approximate surface area is 222 Å². The van der Waals surface area contributed by atoms with E-state index in [0.29, 0.717) is 30.0 Å². The van der Waals surface area contributed by atoms with Gasteiger partial charge in [0.2, 0.25) is 10.0 Å². The Bertz CT molecular complexity index is 1430. The molecule has 38 heavy (non-hydrogen) atoms. The molecule has 1 N–H and O–H groups in total. The van der Waals surface area contributed by atoms with Crippen molar-refractivity contribution in [2.75, 3.05) is 20.2 Å². The topological polar surface area (TPSA) is 115 Å². The molecule has 0 fully saturated rings. The molecule has 1 aliphatic heterocycles. The summed E-state index contributed by atoms with van der Waals surface area (Å²) in [7, 11) is -2.30. The van der Waals surface area contributed by atoms with Gasteiger partial charge in [-0.2, -0.15) is 4.31 Å². The summed E-state index contributed by atoms with van der Waals surface area (Å²) in [6, 6.07) is 14.1. The first-order chi connectivity index (χ1) is 18.2. The van der Waals surface area contributed by atoms with Gasteiger partial charge in [0.1, 0.15) is 29.1 Å². The van der Waals surface area contributed by atoms with Gasteiger partial charge in [0, 0.05) is 19.2 Å². The fourth-order valence-electron chi connectivity index (χ4n) is 4.57. The molecule has 2 heterocycles. The van der Waals surface area contributed by atoms with E-state index >= 15 is 0 Å². The second kappa shape index (κ2) is 11.4. The summed E-state index contributed by atoms with van der Waals surface area (Å²) in [4.78, 5) is 23.4. The number of ether oxygens (including phenoxy) is 2. The van der Waals surface area contributed by atoms with E-state index in [-0.39, 0.29) is 42.4 Å². The number of nitrogens with zero attached hydrogens (tertiary/aromatic N) is 1. The second-order valence-corrected chi connectivity index (χ2v) is 11.2. The minimum atomic E-state index is -3.82. The van der Waals surface area contributed by atoms with Crippen molar-refractivity contribution in [1.82, 2.24) is 9.62 Å². The van der Waals surface area contributed by atoms with E-state index in [0.717, 1.165) is 16.7 Å². The van der Waals surface area contributed by atoms with Crippen LogP contribution in [0.2, 0.25) is 0 Å². The van der Waals surface area contributed by atoms with E-state index in [1.54, 1.807) is 37.3 Å². The molecule has 2 atom stereocenters. The Kier molecular flexibility index (Phi) is 8.23. The molecule has 1 amide bonds. The van der Waals surface area contributed by atoms with E-state index in [1.165, 1.54) is 11.4 Å². The van der Waals surface area contributed by atoms with Crippen LogP contribution in [0.5, 0.6) is 5.75 Å². The van der Waals surface area contributed by atoms with E-state index in [9.17, 15) is 18.0 Å². The molecular formula is C28H32N2O7S. The molecule has 0 saturated heterocycles. The van der Waals surface area contributed by atoms with Crippen LogP contribution < -0.4 is 10.1 Å². The molecule has 0 spiro atoms. The van der Waals surface area contributed by atoms with E-state index in [2.05, 4.69) is 5.32 Å². The molecule has 0 radical (unpaired) electrons. The third-order valence-corrected chi connectivity index (χ3v) is 8.64. The number of hydrogen-bond acceptors (Lipinski definition) is 7. The number of furan rings is 1. The average Bonchev–Trinajstić information content (AvgIpc) is 3.25. The quantitative estimate of drug-likeness (QED) is 0.409. The van der Waals surface area contributed by atoms with Crippen molar-refractivity contribution >= 4 is 22.4 Å². The van der Waals surface area contributed by atoms with Gasteiger partial charge in [0.05, 0.1) is 12.5 Å². The van der Waals surface area contributed by atoms with Crippen LogP contribution in [0.15, 0.2) is 57.8 Å². The molecule has 0 aliphatic carbocycles. The number of aryl methyl sites for hydroxylation is 2. The molecule has 1 unspecified atom stereocenters. The number of carbonyl (C=O) groups excluding carboxylic acids is 2. The van der Waals surface area contributed by atoms with Gasteiger partial charge in [-0.15, -0.1) is 0 Å². The first kappa shape index (κ1) is 27.4. The molecule has 4 rings (SSSR count). The molecule has 202 valence electrons. The lowest BCUT2D eigenvalue weighted by Crippen LogP contribution is -2.36. The molecule has 3 aromatic rings. The summed E-state index contributed by atoms with van der Waals surface area (Å²) in [5.41, 5.74) is 3.13. The monoisotopic (exact) mass is 540 g/mol. The number of carbonyl (C=O) groups is 2. The van der Waals surface area contributed by atoms with Gasteiger partial charge >= 0.3 is 0 Å². The molecule has 1 aliphatic rings. The largest absolute Gasteiger partial charge is 0.488 e. The van der Waals surface area contributed by atoms with E-state index in [1.807, 2.05) is 32.0 Å². The maximum atomic E-state index is 13.6. The summed E-state index contributed by atoms with van der Waals surface area (Å²) in [6.45, 7) is 6.36. The standard InChI is InChI=1S/C28H32N2O7S/c1-5-22-15-30(38(33,34)26-9-7-6-8-24(26)36-22)14-21-13-20(11-10-18(21)2)23(16-35-17-31)25-12-19(3)27(37-25)28(32)29-4/h6-13,17,22-23H,5,14-16H2,1-4H3,(H,29,32)/t22-,23?/m1/s1. The minimum absolute atomic E-state index is 0.00667. The summed E-state index contributed by atoms with van der Waals surface area (Å²) in [5, 5.41) is 2.55. The number of fused-ring (bicyclic) bond motifs is 1. The van der Waals surface area contributed by atoms with Gasteiger partial charge < -0.3 is 19.2 Å². The number of para-hydroxylation sites is 1. The summed E-state index contributed by atoms with van der Waals surface area (Å²) in [5.74, 6) is 0.162. The van der Waals surface area contributed by atoms with Crippen LogP contribution in [0.4, 0.5) is 0 Å². The molecule has 0 saturated carbocycles. The van der Waals surface area contributed by atoms with Crippen LogP contribution in [0.25, 0.3) is 0 Å². The predicted molar refractivity (Wildman–Crippen MR) is 141 cm³/mol. The van der Waals surface area contributed by atoms with Crippen molar-refractivity contribution in [2.24, 2.45) is 0 Å². The molecular weight excluding hydrogens is 508 g/mol. The van der Waals surface area contributed by atoms with Crippen LogP contribution in [-0.4, -0.2) is 51.4 Å². The Morgan fingerprint density at radius 3 is 2.66 bits per heavy atom. The Morgan fingerprint density at radius 2 is 1.95 bits per heavy atom. The van der Waals surface area contributed by atoms with Crippen molar-refractivity contribution in [1.29, 1.82) is 0 Å². The van der Waals surface area contributed by atoms with Crippen molar-refractivity contribution in [3.05, 3.63) is 82.3 Å². The zero-order chi connectivity index (χ0) is 27.4. The normalized spacial score (nSPS) is 17.5. The smallest absolute Gasteiger partial charge is 0.293 e. The van der Waals surface area contributed by atoms with Gasteiger partial charge in [-0.25, -0.2) is 8.42 Å². The number of nitrogens with one attached hydrogen (secondary N) is 1. The fourth-order valence-corrected chi connectivity index (χ4v) is 6.14. The predicted octanol–water partition coefficient (Wildman–Crippen LogP) is 3.92. The first-order valence-electron chi connectivity index (χ1n) is 12.4. The second-order valence-electron chi connectivity index (χ2n) is 9.30. The Hall–Kier alpha value is -3.63. The third-order valence-electron chi connectivity index (χ3n) is 6.79. The van der Waals surface area contributed by atoms with Crippen LogP contribution in [0.1, 0.15) is 57.8 Å². The lowest BCUT2D eigenvalue weighted by atomic mass is 9.93. The van der Waals surface area contributed by atoms with Crippen LogP contribution in [0.3, 0.4) is 0 Å². The van der Waals surface area contributed by atoms with E-state index in [4.69, 9.17) is 13.9 Å². The van der Waals surface area contributed by atoms with Crippen molar-refractivity contribution in [3.63, 3.8) is 0 Å². The number of benzene rings is 2. The lowest BCUT2D eigenvalue weighted by Gasteiger charge is -2.24. The van der Waals surface area contributed by atoms with Crippen molar-refractivity contribution < 1.29 is 31.9 Å². The highest BCUT2D eigenvalue weighted by molar-refractivity contribution is 7.89. The maximum Gasteiger partial charge on any atom is 0.293 e. The van der Waals surface area contributed by atoms with Crippen molar-refractivity contribution in [3.8, 4) is 5.75 Å². The van der Waals surface area contributed by atoms with Gasteiger partial charge in [-0.3, -0.25) is 9.59 Å². The number of hydrogen-bond donors (Lipinski definition) is 1. The molecule has 9 nitrogen and oxygen atoms in total. The van der Waals surface area contributed by atoms with Gasteiger partial charge in [0.25, 0.3) is 12.4 Å². The van der Waals surface area contributed by atoms with Gasteiger partial charge in [-0.1, -0.05) is 37.3 Å². The third kappa shape index (κ3) is 5.46. The summed E-state index contributed by atoms with van der Waals surface area (Å²) >= 11 is 0. The minimum Gasteiger partial charge on any atom is -0.488 e. The number of amides is 1. The first-order valence-corrected chi connectivity index (χ1v) is 13.9. The highest BCUT2D eigenvalue weighted by Crippen LogP contribution is 2.34. The number of sulfonamides is 1. The zero-order valence-corrected chi connectivity index (χ0v) is 22.7. The van der Waals surface area contributed by atoms with Crippen LogP contribution in [-0.2, 0) is 26.1 Å². The number of rotatable bonds is 9. The van der Waals surface area contributed by atoms with Crippen molar-refractivity contribution in [2.45, 2.75) is 50.7 Å². The van der Waals surface area contributed by atoms with E-state index < -0.39 is 15.9 Å². The molecule has 2 aromatic carbocycles. The zero-order valence-electron chi connectivity index (χ0n) is 21.9. The highest BCUT2D eigenvalue weighted by atomic mass is 32.2. The summed E-state index contributed by atoms with van der Waals surface area (Å²) in [6.07, 6.45) is 0.357. The average molecular weight is 541 g/mol. The lowest BCUT2D eigenvalue weighted by molar-refractivity contribution is -0.129. The fraction of sp³-hybridized carbons (Fsp3) is 0.357. The molecule has 0 bridgehead atoms.